The number of sulfonamides is 1. The quantitative estimate of drug-likeness (QED) is 0.205. The highest BCUT2D eigenvalue weighted by atomic mass is 35.5. The number of nitrogens with one attached hydrogen (secondary N) is 2. The number of fused-ring (bicyclic) bond motifs is 1. The maximum atomic E-state index is 14.6. The third kappa shape index (κ3) is 7.91. The Morgan fingerprint density at radius 3 is 2.37 bits per heavy atom. The summed E-state index contributed by atoms with van der Waals surface area (Å²) in [7, 11) is -3.91. The van der Waals surface area contributed by atoms with E-state index in [2.05, 4.69) is 16.6 Å². The molecule has 13 nitrogen and oxygen atoms in total. The van der Waals surface area contributed by atoms with Crippen LogP contribution in [-0.4, -0.2) is 83.1 Å². The van der Waals surface area contributed by atoms with Gasteiger partial charge in [-0.3, -0.25) is 28.8 Å². The van der Waals surface area contributed by atoms with E-state index in [1.165, 1.54) is 15.9 Å². The predicted octanol–water partition coefficient (Wildman–Crippen LogP) is 3.97. The van der Waals surface area contributed by atoms with Crippen LogP contribution in [0.1, 0.15) is 89.7 Å². The zero-order chi connectivity index (χ0) is 36.9. The van der Waals surface area contributed by atoms with Crippen LogP contribution in [0.5, 0.6) is 0 Å². The number of rotatable bonds is 10. The van der Waals surface area contributed by atoms with E-state index in [-0.39, 0.29) is 38.4 Å². The second-order valence-corrected chi connectivity index (χ2v) is 17.9. The molecule has 15 heteroatoms. The smallest absolute Gasteiger partial charge is 0.410 e. The number of nitrogens with zero attached hydrogens (tertiary/aromatic N) is 2. The highest BCUT2D eigenvalue weighted by molar-refractivity contribution is 7.91. The number of hydrogen-bond acceptors (Lipinski definition) is 9. The third-order valence-electron chi connectivity index (χ3n) is 10.6. The molecule has 4 amide bonds. The van der Waals surface area contributed by atoms with Crippen molar-refractivity contribution >= 4 is 51.4 Å². The van der Waals surface area contributed by atoms with E-state index < -0.39 is 80.2 Å². The molecule has 278 valence electrons. The van der Waals surface area contributed by atoms with Crippen LogP contribution in [0, 0.1) is 17.8 Å². The molecule has 0 aromatic heterocycles. The van der Waals surface area contributed by atoms with E-state index in [0.29, 0.717) is 30.7 Å². The highest BCUT2D eigenvalue weighted by Gasteiger charge is 2.62. The topological polar surface area (TPSA) is 168 Å². The van der Waals surface area contributed by atoms with Crippen LogP contribution in [-0.2, 0) is 51.8 Å². The average molecular weight is 747 g/mol. The largest absolute Gasteiger partial charge is 0.459 e. The third-order valence-corrected chi connectivity index (χ3v) is 12.8. The van der Waals surface area contributed by atoms with E-state index in [1.54, 1.807) is 32.9 Å². The van der Waals surface area contributed by atoms with Crippen LogP contribution in [0.4, 0.5) is 4.79 Å². The Kier molecular flexibility index (Phi) is 10.2. The molecule has 1 saturated heterocycles. The number of carbonyl (C=O) groups is 5. The lowest BCUT2D eigenvalue weighted by Gasteiger charge is -2.34. The van der Waals surface area contributed by atoms with Gasteiger partial charge in [-0.2, -0.15) is 0 Å². The summed E-state index contributed by atoms with van der Waals surface area (Å²) in [5.74, 6) is -4.92. The second kappa shape index (κ2) is 14.1. The maximum Gasteiger partial charge on any atom is 0.410 e. The summed E-state index contributed by atoms with van der Waals surface area (Å²) >= 11 is 6.36. The molecule has 2 aliphatic heterocycles. The zero-order valence-electron chi connectivity index (χ0n) is 29.3. The number of carbonyl (C=O) groups excluding carboxylic acids is 5. The van der Waals surface area contributed by atoms with Gasteiger partial charge in [0.2, 0.25) is 21.8 Å². The van der Waals surface area contributed by atoms with Crippen molar-refractivity contribution in [1.82, 2.24) is 19.8 Å². The minimum absolute atomic E-state index is 0.104. The first-order valence-electron chi connectivity index (χ1n) is 17.8. The van der Waals surface area contributed by atoms with Crippen molar-refractivity contribution in [2.24, 2.45) is 17.8 Å². The molecular weight excluding hydrogens is 700 g/mol. The molecule has 6 rings (SSSR count). The van der Waals surface area contributed by atoms with Crippen LogP contribution < -0.4 is 10.0 Å². The number of amides is 4. The Bertz CT molecular complexity index is 1720. The molecule has 2 heterocycles. The van der Waals surface area contributed by atoms with Crippen molar-refractivity contribution in [3.8, 4) is 0 Å². The summed E-state index contributed by atoms with van der Waals surface area (Å²) in [5, 5.41) is 2.63. The molecule has 1 aromatic rings. The molecule has 0 radical (unpaired) electrons. The Balaban J connectivity index is 1.25. The minimum atomic E-state index is -3.91. The van der Waals surface area contributed by atoms with Gasteiger partial charge in [-0.15, -0.1) is 6.58 Å². The average Bonchev–Trinajstić information content (AvgIpc) is 3.95. The van der Waals surface area contributed by atoms with Gasteiger partial charge in [-0.25, -0.2) is 13.2 Å². The van der Waals surface area contributed by atoms with Crippen molar-refractivity contribution in [1.29, 1.82) is 0 Å². The Labute approximate surface area is 303 Å². The number of benzene rings is 1. The maximum absolute atomic E-state index is 14.6. The van der Waals surface area contributed by atoms with E-state index in [4.69, 9.17) is 21.1 Å². The van der Waals surface area contributed by atoms with E-state index in [1.807, 2.05) is 6.07 Å². The van der Waals surface area contributed by atoms with Gasteiger partial charge >= 0.3 is 12.1 Å². The molecule has 3 saturated carbocycles. The Morgan fingerprint density at radius 1 is 1.06 bits per heavy atom. The van der Waals surface area contributed by atoms with Crippen LogP contribution in [0.2, 0.25) is 5.02 Å². The fraction of sp³-hybridized carbons (Fsp3) is 0.639. The van der Waals surface area contributed by atoms with E-state index in [9.17, 15) is 32.4 Å². The van der Waals surface area contributed by atoms with Gasteiger partial charge in [-0.1, -0.05) is 49.1 Å². The number of hydrogen-bond donors (Lipinski definition) is 2. The van der Waals surface area contributed by atoms with Crippen molar-refractivity contribution in [2.75, 3.05) is 6.54 Å². The van der Waals surface area contributed by atoms with Crippen LogP contribution in [0.25, 0.3) is 0 Å². The molecule has 2 N–H and O–H groups in total. The zero-order valence-corrected chi connectivity index (χ0v) is 30.9. The predicted molar refractivity (Wildman–Crippen MR) is 186 cm³/mol. The Hall–Kier alpha value is -3.65. The number of halogens is 1. The molecule has 0 bridgehead atoms. The summed E-state index contributed by atoms with van der Waals surface area (Å²) in [6.45, 7) is 9.26. The highest BCUT2D eigenvalue weighted by Crippen LogP contribution is 2.46. The summed E-state index contributed by atoms with van der Waals surface area (Å²) in [6.07, 6.45) is 4.76. The van der Waals surface area contributed by atoms with Crippen molar-refractivity contribution < 1.29 is 41.9 Å². The monoisotopic (exact) mass is 746 g/mol. The van der Waals surface area contributed by atoms with Gasteiger partial charge < -0.3 is 19.7 Å². The van der Waals surface area contributed by atoms with Gasteiger partial charge in [0.15, 0.2) is 0 Å². The van der Waals surface area contributed by atoms with Crippen molar-refractivity contribution in [3.63, 3.8) is 0 Å². The van der Waals surface area contributed by atoms with Gasteiger partial charge in [0.1, 0.15) is 29.2 Å². The van der Waals surface area contributed by atoms with Gasteiger partial charge in [-0.05, 0) is 76.0 Å². The molecule has 0 unspecified atom stereocenters. The molecular formula is C36H47ClN4O9S. The van der Waals surface area contributed by atoms with Crippen molar-refractivity contribution in [3.05, 3.63) is 47.0 Å². The fourth-order valence-corrected chi connectivity index (χ4v) is 9.25. The fourth-order valence-electron chi connectivity index (χ4n) is 7.63. The molecule has 3 aliphatic carbocycles. The lowest BCUT2D eigenvalue weighted by molar-refractivity contribution is -0.169. The van der Waals surface area contributed by atoms with Crippen LogP contribution in [0.15, 0.2) is 30.9 Å². The van der Waals surface area contributed by atoms with E-state index in [0.717, 1.165) is 30.4 Å². The molecule has 5 aliphatic rings. The normalized spacial score (nSPS) is 26.9. The summed E-state index contributed by atoms with van der Waals surface area (Å²) < 4.78 is 39.1. The molecule has 1 aromatic carbocycles. The molecule has 5 atom stereocenters. The van der Waals surface area contributed by atoms with Crippen LogP contribution >= 0.6 is 11.6 Å². The Morgan fingerprint density at radius 2 is 1.76 bits per heavy atom. The summed E-state index contributed by atoms with van der Waals surface area (Å²) in [6, 6.07) is 4.20. The number of esters is 1. The number of likely N-dealkylation sites (tertiary alicyclic amines) is 1. The van der Waals surface area contributed by atoms with E-state index >= 15 is 0 Å². The minimum Gasteiger partial charge on any atom is -0.459 e. The second-order valence-electron chi connectivity index (χ2n) is 15.6. The molecule has 0 spiro atoms. The standard InChI is InChI=1S/C36H47ClN4O9S/c1-5-23-17-36(23,33(45)39-51(47,48)25-14-15-25)38-30(42)28-16-24(49-34(46)40-18-22-12-9-13-27(37)26(22)20-40)19-41(28)31(43)29(21-10-7-6-8-11-21)32(44)50-35(2,3)4/h5,9,12-13,21,23-25,28-29H,1,6-8,10-11,14-20H2,2-4H3,(H,38,42)(H,39,45)/t23-,24-,28+,29+,36-/m1/s1. The van der Waals surface area contributed by atoms with Gasteiger partial charge in [0.25, 0.3) is 5.91 Å². The summed E-state index contributed by atoms with van der Waals surface area (Å²) in [4.78, 5) is 72.1. The first-order chi connectivity index (χ1) is 24.0. The molecule has 4 fully saturated rings. The summed E-state index contributed by atoms with van der Waals surface area (Å²) in [5.41, 5.74) is -0.746. The lowest BCUT2D eigenvalue weighted by Crippen LogP contribution is -2.57. The lowest BCUT2D eigenvalue weighted by atomic mass is 9.79. The van der Waals surface area contributed by atoms with Gasteiger partial charge in [0, 0.05) is 23.9 Å². The first kappa shape index (κ1) is 37.1. The number of ether oxygens (including phenoxy) is 2. The SMILES string of the molecule is C=C[C@@H]1C[C@]1(NC(=O)[C@@H]1C[C@@H](OC(=O)N2Cc3cccc(Cl)c3C2)CN1C(=O)[C@@H](C(=O)OC(C)(C)C)C1CCCCC1)C(=O)NS(=O)(=O)C1CC1. The molecule has 51 heavy (non-hydrogen) atoms. The van der Waals surface area contributed by atoms with Crippen LogP contribution in [0.3, 0.4) is 0 Å². The van der Waals surface area contributed by atoms with Crippen molar-refractivity contribution in [2.45, 2.75) is 120 Å². The van der Waals surface area contributed by atoms with Gasteiger partial charge in [0.05, 0.1) is 18.3 Å². The first-order valence-corrected chi connectivity index (χ1v) is 19.7.